The molecule has 15 N–H and O–H groups in total. The van der Waals surface area contributed by atoms with Crippen molar-refractivity contribution in [2.24, 2.45) is 51.4 Å². The van der Waals surface area contributed by atoms with Crippen LogP contribution in [-0.4, -0.2) is 114 Å². The minimum Gasteiger partial charge on any atom is -0.370 e. The smallest absolute Gasteiger partial charge is 0.247 e. The zero-order valence-electron chi connectivity index (χ0n) is 35.3. The van der Waals surface area contributed by atoms with Crippen LogP contribution < -0.4 is 55.3 Å². The summed E-state index contributed by atoms with van der Waals surface area (Å²) >= 11 is 0. The minimum atomic E-state index is -1.43. The van der Waals surface area contributed by atoms with E-state index in [4.69, 9.17) is 28.7 Å². The van der Waals surface area contributed by atoms with Gasteiger partial charge in [-0.05, 0) is 62.7 Å². The molecule has 334 valence electrons. The zero-order valence-corrected chi connectivity index (χ0v) is 35.3. The highest BCUT2D eigenvalue weighted by Gasteiger charge is 2.40. The van der Waals surface area contributed by atoms with Gasteiger partial charge in [0.25, 0.3) is 0 Å². The average Bonchev–Trinajstić information content (AvgIpc) is 3.66. The summed E-state index contributed by atoms with van der Waals surface area (Å²) in [5.41, 5.74) is 27.4. The maximum atomic E-state index is 13.9. The molecule has 1 saturated heterocycles. The second-order valence-electron chi connectivity index (χ2n) is 16.6. The van der Waals surface area contributed by atoms with Crippen LogP contribution in [0.5, 0.6) is 0 Å². The Morgan fingerprint density at radius 2 is 1.24 bits per heavy atom. The van der Waals surface area contributed by atoms with E-state index < -0.39 is 84.0 Å². The van der Waals surface area contributed by atoms with Crippen molar-refractivity contribution >= 4 is 53.2 Å². The van der Waals surface area contributed by atoms with E-state index in [0.29, 0.717) is 25.2 Å². The summed E-state index contributed by atoms with van der Waals surface area (Å²) in [5, 5.41) is 13.3. The number of likely N-dealkylation sites (tertiary alicyclic amines) is 1. The molecule has 0 aromatic heterocycles. The van der Waals surface area contributed by atoms with Crippen molar-refractivity contribution in [3.63, 3.8) is 0 Å². The van der Waals surface area contributed by atoms with Gasteiger partial charge in [0, 0.05) is 26.1 Å². The first-order valence-electron chi connectivity index (χ1n) is 21.0. The maximum Gasteiger partial charge on any atom is 0.247 e. The third-order valence-electron chi connectivity index (χ3n) is 10.5. The molecule has 0 radical (unpaired) electrons. The number of primary amides is 2. The third kappa shape index (κ3) is 18.2. The first-order chi connectivity index (χ1) is 27.8. The predicted octanol–water partition coefficient (Wildman–Crippen LogP) is -1.77. The molecule has 1 saturated carbocycles. The normalized spacial score (nSPS) is 18.2. The van der Waals surface area contributed by atoms with E-state index >= 15 is 0 Å². The standard InChI is InChI=1S/C39H70N12O8/c1-22(2)18-27(46-32(53)15-14-24-10-6-5-7-11-24)35(56)49-28(19-23(3)4)36(57)50-29(21-40)38(59)51-17-9-13-30(51)37(58)47-25(12-8-16-45-39(43)44)34(55)48-26(33(42)54)20-31(41)52/h22-30H,5-21,40H2,1-4H3,(H2,41,52)(H2,42,54)(H,46,53)(H,47,58)(H,48,55)(H,49,56)(H,50,57)(H4,43,44,45)/t25-,26-,27-,28-,29-,30-/m0/s1. The van der Waals surface area contributed by atoms with Gasteiger partial charge in [0.2, 0.25) is 47.3 Å². The Balaban J connectivity index is 2.18. The van der Waals surface area contributed by atoms with Crippen molar-refractivity contribution in [1.82, 2.24) is 31.5 Å². The second-order valence-corrected chi connectivity index (χ2v) is 16.6. The monoisotopic (exact) mass is 835 g/mol. The van der Waals surface area contributed by atoms with Crippen LogP contribution in [-0.2, 0) is 38.4 Å². The number of amides is 8. The van der Waals surface area contributed by atoms with Crippen molar-refractivity contribution in [2.45, 2.75) is 154 Å². The fourth-order valence-corrected chi connectivity index (χ4v) is 7.49. The molecular weight excluding hydrogens is 765 g/mol. The van der Waals surface area contributed by atoms with Crippen molar-refractivity contribution < 1.29 is 38.4 Å². The summed E-state index contributed by atoms with van der Waals surface area (Å²) in [7, 11) is 0. The molecule has 2 fully saturated rings. The Kier molecular flexibility index (Phi) is 21.6. The van der Waals surface area contributed by atoms with E-state index in [1.54, 1.807) is 0 Å². The Hall–Kier alpha value is -5.01. The van der Waals surface area contributed by atoms with E-state index in [1.807, 2.05) is 27.7 Å². The molecule has 8 amide bonds. The number of nitrogens with one attached hydrogen (secondary N) is 5. The molecule has 59 heavy (non-hydrogen) atoms. The second kappa shape index (κ2) is 25.5. The fourth-order valence-electron chi connectivity index (χ4n) is 7.49. The molecule has 2 aliphatic rings. The SMILES string of the molecule is CC(C)C[C@H](NC(=O)CCC1CCCCC1)C(=O)N[C@@H](CC(C)C)C(=O)N[C@@H](CN)C(=O)N1CCC[C@H]1C(=O)N[C@@H](CCCN=C(N)N)C(=O)N[C@@H](CC(N)=O)C(N)=O. The number of carbonyl (C=O) groups is 8. The Morgan fingerprint density at radius 3 is 1.78 bits per heavy atom. The van der Waals surface area contributed by atoms with Gasteiger partial charge in [-0.2, -0.15) is 0 Å². The first-order valence-corrected chi connectivity index (χ1v) is 21.0. The molecule has 0 bridgehead atoms. The number of guanidine groups is 1. The summed E-state index contributed by atoms with van der Waals surface area (Å²) in [4.78, 5) is 110. The van der Waals surface area contributed by atoms with Crippen molar-refractivity contribution in [3.05, 3.63) is 0 Å². The van der Waals surface area contributed by atoms with Gasteiger partial charge in [-0.15, -0.1) is 0 Å². The van der Waals surface area contributed by atoms with E-state index in [1.165, 1.54) is 24.2 Å². The van der Waals surface area contributed by atoms with Crippen LogP contribution >= 0.6 is 0 Å². The molecule has 1 heterocycles. The lowest BCUT2D eigenvalue weighted by atomic mass is 9.86. The van der Waals surface area contributed by atoms with Crippen LogP contribution in [0.3, 0.4) is 0 Å². The minimum absolute atomic E-state index is 0.00366. The lowest BCUT2D eigenvalue weighted by Gasteiger charge is -2.31. The maximum absolute atomic E-state index is 13.9. The first kappa shape index (κ1) is 50.1. The van der Waals surface area contributed by atoms with Crippen LogP contribution in [0.15, 0.2) is 4.99 Å². The molecule has 20 nitrogen and oxygen atoms in total. The average molecular weight is 835 g/mol. The topological polar surface area (TPSA) is 342 Å². The summed E-state index contributed by atoms with van der Waals surface area (Å²) in [6.45, 7) is 7.57. The van der Waals surface area contributed by atoms with Gasteiger partial charge < -0.3 is 60.2 Å². The van der Waals surface area contributed by atoms with Crippen LogP contribution in [0.25, 0.3) is 0 Å². The highest BCUT2D eigenvalue weighted by atomic mass is 16.2. The molecule has 20 heteroatoms. The van der Waals surface area contributed by atoms with Gasteiger partial charge in [0.05, 0.1) is 6.42 Å². The van der Waals surface area contributed by atoms with Crippen LogP contribution in [0.1, 0.15) is 118 Å². The molecule has 1 aliphatic carbocycles. The van der Waals surface area contributed by atoms with Gasteiger partial charge in [-0.3, -0.25) is 43.3 Å². The molecule has 0 aromatic rings. The highest BCUT2D eigenvalue weighted by Crippen LogP contribution is 2.27. The number of hydrogen-bond acceptors (Lipinski definition) is 10. The van der Waals surface area contributed by atoms with Gasteiger partial charge in [-0.1, -0.05) is 59.8 Å². The van der Waals surface area contributed by atoms with E-state index in [2.05, 4.69) is 31.6 Å². The summed E-state index contributed by atoms with van der Waals surface area (Å²) < 4.78 is 0. The van der Waals surface area contributed by atoms with Gasteiger partial charge in [0.15, 0.2) is 5.96 Å². The van der Waals surface area contributed by atoms with E-state index in [-0.39, 0.29) is 69.0 Å². The number of carbonyl (C=O) groups excluding carboxylic acids is 8. The van der Waals surface area contributed by atoms with Gasteiger partial charge in [0.1, 0.15) is 36.3 Å². The number of hydrogen-bond donors (Lipinski definition) is 10. The largest absolute Gasteiger partial charge is 0.370 e. The van der Waals surface area contributed by atoms with Crippen molar-refractivity contribution in [1.29, 1.82) is 0 Å². The number of aliphatic imine (C=N–C) groups is 1. The Bertz CT molecular complexity index is 1480. The molecule has 0 unspecified atom stereocenters. The van der Waals surface area contributed by atoms with Gasteiger partial charge in [-0.25, -0.2) is 0 Å². The van der Waals surface area contributed by atoms with Crippen LogP contribution in [0.4, 0.5) is 0 Å². The quantitative estimate of drug-likeness (QED) is 0.0279. The number of rotatable bonds is 25. The van der Waals surface area contributed by atoms with E-state index in [0.717, 1.165) is 19.3 Å². The molecule has 2 rings (SSSR count). The lowest BCUT2D eigenvalue weighted by molar-refractivity contribution is -0.142. The fraction of sp³-hybridized carbons (Fsp3) is 0.769. The van der Waals surface area contributed by atoms with Crippen molar-refractivity contribution in [2.75, 3.05) is 19.6 Å². The molecule has 1 aliphatic heterocycles. The lowest BCUT2D eigenvalue weighted by Crippen LogP contribution is -2.61. The van der Waals surface area contributed by atoms with E-state index in [9.17, 15) is 38.4 Å². The van der Waals surface area contributed by atoms with Gasteiger partial charge >= 0.3 is 0 Å². The zero-order chi connectivity index (χ0) is 44.2. The number of nitrogens with two attached hydrogens (primary N) is 5. The molecule has 0 aromatic carbocycles. The number of nitrogens with zero attached hydrogens (tertiary/aromatic N) is 2. The summed E-state index contributed by atoms with van der Waals surface area (Å²) in [6.07, 6.45) is 7.75. The molecular formula is C39H70N12O8. The third-order valence-corrected chi connectivity index (χ3v) is 10.5. The van der Waals surface area contributed by atoms with Crippen LogP contribution in [0, 0.1) is 17.8 Å². The summed E-state index contributed by atoms with van der Waals surface area (Å²) in [6, 6.07) is -6.94. The Morgan fingerprint density at radius 1 is 0.678 bits per heavy atom. The predicted molar refractivity (Wildman–Crippen MR) is 221 cm³/mol. The summed E-state index contributed by atoms with van der Waals surface area (Å²) in [5.74, 6) is -5.08. The molecule has 0 spiro atoms. The van der Waals surface area contributed by atoms with Crippen LogP contribution in [0.2, 0.25) is 0 Å². The highest BCUT2D eigenvalue weighted by molar-refractivity contribution is 5.97. The van der Waals surface area contributed by atoms with Crippen molar-refractivity contribution in [3.8, 4) is 0 Å². The Labute approximate surface area is 347 Å². The molecule has 6 atom stereocenters.